The first-order valence-electron chi connectivity index (χ1n) is 7.67. The summed E-state index contributed by atoms with van der Waals surface area (Å²) in [5.74, 6) is 1.30. The van der Waals surface area contributed by atoms with Crippen molar-refractivity contribution >= 4 is 5.91 Å². The van der Waals surface area contributed by atoms with Crippen molar-refractivity contribution in [2.75, 3.05) is 19.6 Å². The van der Waals surface area contributed by atoms with Crippen LogP contribution in [-0.2, 0) is 4.79 Å². The fourth-order valence-electron chi connectivity index (χ4n) is 2.84. The average molecular weight is 268 g/mol. The van der Waals surface area contributed by atoms with Crippen molar-refractivity contribution in [3.63, 3.8) is 0 Å². The normalized spacial score (nSPS) is 29.6. The van der Waals surface area contributed by atoms with Gasteiger partial charge in [0.25, 0.3) is 0 Å². The Morgan fingerprint density at radius 1 is 1.32 bits per heavy atom. The molecule has 1 aliphatic heterocycles. The molecule has 1 heterocycles. The molecular weight excluding hydrogens is 240 g/mol. The van der Waals surface area contributed by atoms with E-state index in [0.717, 1.165) is 25.4 Å². The van der Waals surface area contributed by atoms with E-state index >= 15 is 0 Å². The van der Waals surface area contributed by atoms with Crippen molar-refractivity contribution in [2.45, 2.75) is 52.2 Å². The molecule has 0 bridgehead atoms. The van der Waals surface area contributed by atoms with Gasteiger partial charge in [-0.2, -0.15) is 0 Å². The molecule has 1 amide bonds. The lowest BCUT2D eigenvalue weighted by Gasteiger charge is -2.40. The van der Waals surface area contributed by atoms with Crippen molar-refractivity contribution in [3.8, 4) is 0 Å². The maximum absolute atomic E-state index is 12.2. The molecule has 1 saturated heterocycles. The van der Waals surface area contributed by atoms with Gasteiger partial charge in [-0.25, -0.2) is 0 Å². The number of aliphatic hydroxyl groups excluding tert-OH is 1. The predicted octanol–water partition coefficient (Wildman–Crippen LogP) is 1.24. The molecule has 3 atom stereocenters. The summed E-state index contributed by atoms with van der Waals surface area (Å²) in [7, 11) is 0. The highest BCUT2D eigenvalue weighted by Gasteiger charge is 2.33. The lowest BCUT2D eigenvalue weighted by molar-refractivity contribution is -0.137. The summed E-state index contributed by atoms with van der Waals surface area (Å²) in [6, 6.07) is 0.344. The number of aliphatic hydroxyl groups is 1. The quantitative estimate of drug-likeness (QED) is 0.789. The fourth-order valence-corrected chi connectivity index (χ4v) is 2.84. The second-order valence-electron chi connectivity index (χ2n) is 6.68. The molecule has 110 valence electrons. The van der Waals surface area contributed by atoms with Gasteiger partial charge in [-0.3, -0.25) is 4.79 Å². The molecule has 4 nitrogen and oxygen atoms in total. The molecule has 0 aromatic heterocycles. The minimum absolute atomic E-state index is 0.0387. The van der Waals surface area contributed by atoms with Gasteiger partial charge in [0.15, 0.2) is 0 Å². The molecule has 4 heteroatoms. The molecule has 2 N–H and O–H groups in total. The molecule has 2 fully saturated rings. The van der Waals surface area contributed by atoms with E-state index in [1.54, 1.807) is 0 Å². The first-order chi connectivity index (χ1) is 8.97. The first-order valence-corrected chi connectivity index (χ1v) is 7.67. The summed E-state index contributed by atoms with van der Waals surface area (Å²) in [6.45, 7) is 8.30. The SMILES string of the molecule is CC(C)C(=O)N1CC(NCC2CC2)CC(C(C)O)C1. The third kappa shape index (κ3) is 4.18. The number of nitrogens with zero attached hydrogens (tertiary/aromatic N) is 1. The number of hydrogen-bond donors (Lipinski definition) is 2. The maximum atomic E-state index is 12.2. The summed E-state index contributed by atoms with van der Waals surface area (Å²) in [4.78, 5) is 14.1. The number of likely N-dealkylation sites (tertiary alicyclic amines) is 1. The van der Waals surface area contributed by atoms with Gasteiger partial charge in [0.1, 0.15) is 0 Å². The molecular formula is C15H28N2O2. The van der Waals surface area contributed by atoms with Crippen LogP contribution >= 0.6 is 0 Å². The topological polar surface area (TPSA) is 52.6 Å². The van der Waals surface area contributed by atoms with E-state index in [0.29, 0.717) is 12.6 Å². The van der Waals surface area contributed by atoms with E-state index in [1.807, 2.05) is 25.7 Å². The van der Waals surface area contributed by atoms with Gasteiger partial charge in [0.2, 0.25) is 5.91 Å². The van der Waals surface area contributed by atoms with Gasteiger partial charge in [-0.05, 0) is 38.6 Å². The minimum Gasteiger partial charge on any atom is -0.393 e. The third-order valence-corrected chi connectivity index (χ3v) is 4.36. The lowest BCUT2D eigenvalue weighted by atomic mass is 9.89. The molecule has 1 saturated carbocycles. The smallest absolute Gasteiger partial charge is 0.225 e. The number of rotatable bonds is 5. The first kappa shape index (κ1) is 14.8. The Labute approximate surface area is 116 Å². The van der Waals surface area contributed by atoms with Gasteiger partial charge in [0, 0.05) is 31.0 Å². The van der Waals surface area contributed by atoms with Crippen molar-refractivity contribution in [2.24, 2.45) is 17.8 Å². The number of carbonyl (C=O) groups excluding carboxylic acids is 1. The summed E-state index contributed by atoms with van der Waals surface area (Å²) < 4.78 is 0. The molecule has 0 aromatic carbocycles. The van der Waals surface area contributed by atoms with Crippen molar-refractivity contribution in [3.05, 3.63) is 0 Å². The van der Waals surface area contributed by atoms with Crippen molar-refractivity contribution in [1.29, 1.82) is 0 Å². The Bertz CT molecular complexity index is 313. The molecule has 1 aliphatic carbocycles. The second-order valence-corrected chi connectivity index (χ2v) is 6.68. The summed E-state index contributed by atoms with van der Waals surface area (Å²) >= 11 is 0. The zero-order valence-electron chi connectivity index (χ0n) is 12.4. The summed E-state index contributed by atoms with van der Waals surface area (Å²) in [6.07, 6.45) is 3.32. The van der Waals surface area contributed by atoms with Crippen LogP contribution in [0.3, 0.4) is 0 Å². The van der Waals surface area contributed by atoms with Crippen LogP contribution in [0.2, 0.25) is 0 Å². The van der Waals surface area contributed by atoms with Crippen LogP contribution in [0.25, 0.3) is 0 Å². The number of hydrogen-bond acceptors (Lipinski definition) is 3. The largest absolute Gasteiger partial charge is 0.393 e. The van der Waals surface area contributed by atoms with Gasteiger partial charge < -0.3 is 15.3 Å². The Kier molecular flexibility index (Phi) is 4.85. The standard InChI is InChI=1S/C15H28N2O2/c1-10(2)15(19)17-8-13(11(3)18)6-14(9-17)16-7-12-4-5-12/h10-14,16,18H,4-9H2,1-3H3. The zero-order chi connectivity index (χ0) is 14.0. The van der Waals surface area contributed by atoms with Crippen LogP contribution in [-0.4, -0.2) is 47.7 Å². The number of piperidine rings is 1. The summed E-state index contributed by atoms with van der Waals surface area (Å²) in [5, 5.41) is 13.4. The van der Waals surface area contributed by atoms with E-state index < -0.39 is 0 Å². The predicted molar refractivity (Wildman–Crippen MR) is 75.7 cm³/mol. The average Bonchev–Trinajstić information content (AvgIpc) is 3.18. The number of amides is 1. The zero-order valence-corrected chi connectivity index (χ0v) is 12.4. The van der Waals surface area contributed by atoms with Crippen LogP contribution in [0.15, 0.2) is 0 Å². The highest BCUT2D eigenvalue weighted by atomic mass is 16.3. The van der Waals surface area contributed by atoms with Gasteiger partial charge in [0.05, 0.1) is 6.10 Å². The number of nitrogens with one attached hydrogen (secondary N) is 1. The monoisotopic (exact) mass is 268 g/mol. The lowest BCUT2D eigenvalue weighted by Crippen LogP contribution is -2.54. The van der Waals surface area contributed by atoms with Gasteiger partial charge in [-0.1, -0.05) is 13.8 Å². The van der Waals surface area contributed by atoms with Gasteiger partial charge >= 0.3 is 0 Å². The molecule has 2 rings (SSSR count). The van der Waals surface area contributed by atoms with E-state index in [2.05, 4.69) is 5.32 Å². The van der Waals surface area contributed by atoms with Crippen LogP contribution < -0.4 is 5.32 Å². The molecule has 19 heavy (non-hydrogen) atoms. The van der Waals surface area contributed by atoms with Crippen molar-refractivity contribution < 1.29 is 9.90 Å². The van der Waals surface area contributed by atoms with Gasteiger partial charge in [-0.15, -0.1) is 0 Å². The maximum Gasteiger partial charge on any atom is 0.225 e. The number of carbonyl (C=O) groups is 1. The third-order valence-electron chi connectivity index (χ3n) is 4.36. The molecule has 0 aromatic rings. The summed E-state index contributed by atoms with van der Waals surface area (Å²) in [5.41, 5.74) is 0. The van der Waals surface area contributed by atoms with E-state index in [9.17, 15) is 9.90 Å². The Morgan fingerprint density at radius 3 is 2.53 bits per heavy atom. The van der Waals surface area contributed by atoms with Crippen molar-refractivity contribution in [1.82, 2.24) is 10.2 Å². The Hall–Kier alpha value is -0.610. The molecule has 3 unspecified atom stereocenters. The fraction of sp³-hybridized carbons (Fsp3) is 0.933. The molecule has 0 spiro atoms. The van der Waals surface area contributed by atoms with E-state index in [1.165, 1.54) is 12.8 Å². The molecule has 0 radical (unpaired) electrons. The van der Waals surface area contributed by atoms with Crippen LogP contribution in [0.1, 0.15) is 40.0 Å². The second kappa shape index (κ2) is 6.23. The Balaban J connectivity index is 1.92. The highest BCUT2D eigenvalue weighted by Crippen LogP contribution is 2.28. The minimum atomic E-state index is -0.340. The van der Waals surface area contributed by atoms with Crippen LogP contribution in [0.5, 0.6) is 0 Å². The Morgan fingerprint density at radius 2 is 2.00 bits per heavy atom. The highest BCUT2D eigenvalue weighted by molar-refractivity contribution is 5.78. The van der Waals surface area contributed by atoms with Crippen LogP contribution in [0, 0.1) is 17.8 Å². The van der Waals surface area contributed by atoms with E-state index in [4.69, 9.17) is 0 Å². The molecule has 2 aliphatic rings. The van der Waals surface area contributed by atoms with E-state index in [-0.39, 0.29) is 23.8 Å². The van der Waals surface area contributed by atoms with Crippen LogP contribution in [0.4, 0.5) is 0 Å².